The van der Waals surface area contributed by atoms with Crippen molar-refractivity contribution in [3.05, 3.63) is 65.7 Å². The van der Waals surface area contributed by atoms with E-state index < -0.39 is 53.2 Å². The molecule has 2 aromatic carbocycles. The number of carbonyl (C=O) groups excluding carboxylic acids is 4. The summed E-state index contributed by atoms with van der Waals surface area (Å²) in [4.78, 5) is 56.2. The number of carbonyl (C=O) groups is 4. The standard InChI is InChI=1S/C36H53N3O7S/c1-8-9-10-11-17-22-39(32(42)28(24-47)38-34(44)46-36(5,6)7)30(26-20-15-16-21-29(26)40)31(41)37-27(33(43)45-35(2,3)4)23-25-18-13-12-14-19-25/h12-16,18-21,27-28,30,40,47H,8-11,17,22-24H2,1-7H3,(H,37,41)(H,38,44). The third-order valence-electron chi connectivity index (χ3n) is 7.04. The van der Waals surface area contributed by atoms with Gasteiger partial charge in [0.2, 0.25) is 11.8 Å². The van der Waals surface area contributed by atoms with E-state index in [1.807, 2.05) is 30.3 Å². The van der Waals surface area contributed by atoms with Crippen LogP contribution in [0.4, 0.5) is 4.79 Å². The highest BCUT2D eigenvalue weighted by molar-refractivity contribution is 7.80. The molecule has 3 atom stereocenters. The first-order chi connectivity index (χ1) is 22.1. The van der Waals surface area contributed by atoms with E-state index in [0.717, 1.165) is 31.2 Å². The molecule has 0 bridgehead atoms. The molecule has 0 fully saturated rings. The average molecular weight is 672 g/mol. The Morgan fingerprint density at radius 2 is 1.40 bits per heavy atom. The predicted molar refractivity (Wildman–Crippen MR) is 186 cm³/mol. The Morgan fingerprint density at radius 1 is 0.809 bits per heavy atom. The Labute approximate surface area is 285 Å². The molecular formula is C36H53N3O7S. The molecule has 0 aromatic heterocycles. The highest BCUT2D eigenvalue weighted by Crippen LogP contribution is 2.31. The molecule has 0 aliphatic heterocycles. The molecule has 260 valence electrons. The number of para-hydroxylation sites is 1. The molecule has 11 heteroatoms. The predicted octanol–water partition coefficient (Wildman–Crippen LogP) is 6.12. The lowest BCUT2D eigenvalue weighted by atomic mass is 9.99. The number of thiol groups is 1. The largest absolute Gasteiger partial charge is 0.508 e. The first-order valence-electron chi connectivity index (χ1n) is 16.3. The van der Waals surface area contributed by atoms with Crippen molar-refractivity contribution in [2.75, 3.05) is 12.3 Å². The molecule has 0 radical (unpaired) electrons. The van der Waals surface area contributed by atoms with Crippen LogP contribution in [-0.2, 0) is 30.3 Å². The summed E-state index contributed by atoms with van der Waals surface area (Å²) >= 11 is 4.35. The van der Waals surface area contributed by atoms with Gasteiger partial charge in [-0.1, -0.05) is 81.1 Å². The molecule has 2 rings (SSSR count). The minimum absolute atomic E-state index is 0.0753. The molecule has 0 saturated heterocycles. The van der Waals surface area contributed by atoms with Crippen LogP contribution < -0.4 is 10.6 Å². The number of nitrogens with zero attached hydrogens (tertiary/aromatic N) is 1. The molecule has 0 aliphatic carbocycles. The maximum atomic E-state index is 14.4. The zero-order valence-corrected chi connectivity index (χ0v) is 29.8. The number of esters is 1. The van der Waals surface area contributed by atoms with E-state index in [1.165, 1.54) is 11.0 Å². The van der Waals surface area contributed by atoms with Crippen LogP contribution in [0.1, 0.15) is 97.7 Å². The summed E-state index contributed by atoms with van der Waals surface area (Å²) in [5.41, 5.74) is -0.657. The Kier molecular flexibility index (Phi) is 15.6. The molecule has 0 aliphatic rings. The van der Waals surface area contributed by atoms with Gasteiger partial charge in [0, 0.05) is 24.3 Å². The number of amides is 3. The Morgan fingerprint density at radius 3 is 1.98 bits per heavy atom. The van der Waals surface area contributed by atoms with Gasteiger partial charge in [0.05, 0.1) is 0 Å². The van der Waals surface area contributed by atoms with Crippen molar-refractivity contribution in [2.24, 2.45) is 0 Å². The number of unbranched alkanes of at least 4 members (excludes halogenated alkanes) is 4. The van der Waals surface area contributed by atoms with Gasteiger partial charge in [-0.15, -0.1) is 0 Å². The van der Waals surface area contributed by atoms with Crippen molar-refractivity contribution < 1.29 is 33.8 Å². The SMILES string of the molecule is CCCCCCCN(C(=O)C(CS)NC(=O)OC(C)(C)C)C(C(=O)NC(Cc1ccccc1)C(=O)OC(C)(C)C)c1ccccc1O. The number of ether oxygens (including phenoxy) is 2. The molecule has 0 heterocycles. The van der Waals surface area contributed by atoms with Gasteiger partial charge < -0.3 is 30.1 Å². The quantitative estimate of drug-likeness (QED) is 0.0959. The third kappa shape index (κ3) is 13.9. The monoisotopic (exact) mass is 671 g/mol. The Hall–Kier alpha value is -3.73. The maximum Gasteiger partial charge on any atom is 0.408 e. The number of phenols is 1. The fraction of sp³-hybridized carbons (Fsp3) is 0.556. The van der Waals surface area contributed by atoms with Gasteiger partial charge in [0.25, 0.3) is 0 Å². The van der Waals surface area contributed by atoms with Crippen molar-refractivity contribution >= 4 is 36.5 Å². The van der Waals surface area contributed by atoms with Gasteiger partial charge in [0.1, 0.15) is 35.1 Å². The van der Waals surface area contributed by atoms with Crippen LogP contribution in [0.25, 0.3) is 0 Å². The van der Waals surface area contributed by atoms with Crippen molar-refractivity contribution in [3.63, 3.8) is 0 Å². The summed E-state index contributed by atoms with van der Waals surface area (Å²) in [5, 5.41) is 16.4. The van der Waals surface area contributed by atoms with E-state index in [0.29, 0.717) is 6.42 Å². The number of benzene rings is 2. The Balaban J connectivity index is 2.58. The zero-order chi connectivity index (χ0) is 35.2. The summed E-state index contributed by atoms with van der Waals surface area (Å²) in [6, 6.07) is 11.9. The van der Waals surface area contributed by atoms with Crippen LogP contribution in [0.15, 0.2) is 54.6 Å². The maximum absolute atomic E-state index is 14.4. The van der Waals surface area contributed by atoms with E-state index >= 15 is 0 Å². The molecule has 0 saturated carbocycles. The second-order valence-electron chi connectivity index (χ2n) is 13.6. The summed E-state index contributed by atoms with van der Waals surface area (Å²) in [6.45, 7) is 12.6. The van der Waals surface area contributed by atoms with Crippen molar-refractivity contribution in [2.45, 2.75) is 116 Å². The first-order valence-corrected chi connectivity index (χ1v) is 17.0. The molecule has 47 heavy (non-hydrogen) atoms. The van der Waals surface area contributed by atoms with E-state index in [4.69, 9.17) is 9.47 Å². The van der Waals surface area contributed by atoms with Crippen LogP contribution in [0.5, 0.6) is 5.75 Å². The topological polar surface area (TPSA) is 134 Å². The fourth-order valence-corrected chi connectivity index (χ4v) is 5.17. The van der Waals surface area contributed by atoms with Crippen LogP contribution in [0.3, 0.4) is 0 Å². The lowest BCUT2D eigenvalue weighted by molar-refractivity contribution is -0.159. The molecular weight excluding hydrogens is 618 g/mol. The van der Waals surface area contributed by atoms with Gasteiger partial charge in [-0.25, -0.2) is 9.59 Å². The molecule has 3 unspecified atom stereocenters. The van der Waals surface area contributed by atoms with Crippen LogP contribution >= 0.6 is 12.6 Å². The normalized spacial score (nSPS) is 13.5. The minimum atomic E-state index is -1.35. The third-order valence-corrected chi connectivity index (χ3v) is 7.40. The zero-order valence-electron chi connectivity index (χ0n) is 28.9. The van der Waals surface area contributed by atoms with Gasteiger partial charge in [-0.05, 0) is 59.6 Å². The molecule has 2 aromatic rings. The van der Waals surface area contributed by atoms with E-state index in [-0.39, 0.29) is 30.0 Å². The van der Waals surface area contributed by atoms with Crippen LogP contribution in [0.2, 0.25) is 0 Å². The molecule has 3 amide bonds. The van der Waals surface area contributed by atoms with Crippen molar-refractivity contribution in [3.8, 4) is 5.75 Å². The number of rotatable bonds is 16. The summed E-state index contributed by atoms with van der Waals surface area (Å²) < 4.78 is 11.1. The number of nitrogens with one attached hydrogen (secondary N) is 2. The van der Waals surface area contributed by atoms with Crippen molar-refractivity contribution in [1.82, 2.24) is 15.5 Å². The van der Waals surface area contributed by atoms with Crippen LogP contribution in [0, 0.1) is 0 Å². The number of phenolic OH excluding ortho intramolecular Hbond substituents is 1. The van der Waals surface area contributed by atoms with Gasteiger partial charge >= 0.3 is 12.1 Å². The van der Waals surface area contributed by atoms with Crippen LogP contribution in [-0.4, -0.2) is 69.5 Å². The molecule has 0 spiro atoms. The van der Waals surface area contributed by atoms with Gasteiger partial charge in [-0.2, -0.15) is 12.6 Å². The lowest BCUT2D eigenvalue weighted by Crippen LogP contribution is -2.55. The summed E-state index contributed by atoms with van der Waals surface area (Å²) in [6.07, 6.45) is 3.69. The number of hydrogen-bond acceptors (Lipinski definition) is 8. The smallest absolute Gasteiger partial charge is 0.408 e. The first kappa shape index (κ1) is 39.4. The van der Waals surface area contributed by atoms with Crippen molar-refractivity contribution in [1.29, 1.82) is 0 Å². The highest BCUT2D eigenvalue weighted by Gasteiger charge is 2.39. The number of alkyl carbamates (subject to hydrolysis) is 1. The fourth-order valence-electron chi connectivity index (χ4n) is 4.92. The number of hydrogen-bond donors (Lipinski definition) is 4. The lowest BCUT2D eigenvalue weighted by Gasteiger charge is -2.35. The minimum Gasteiger partial charge on any atom is -0.508 e. The second kappa shape index (κ2) is 18.6. The average Bonchev–Trinajstić information content (AvgIpc) is 2.98. The summed E-state index contributed by atoms with van der Waals surface area (Å²) in [5.74, 6) is -2.18. The second-order valence-corrected chi connectivity index (χ2v) is 13.9. The number of aromatic hydroxyl groups is 1. The molecule has 10 nitrogen and oxygen atoms in total. The van der Waals surface area contributed by atoms with E-state index in [9.17, 15) is 24.3 Å². The van der Waals surface area contributed by atoms with Gasteiger partial charge in [0.15, 0.2) is 0 Å². The van der Waals surface area contributed by atoms with E-state index in [2.05, 4.69) is 30.2 Å². The molecule has 3 N–H and O–H groups in total. The highest BCUT2D eigenvalue weighted by atomic mass is 32.1. The van der Waals surface area contributed by atoms with E-state index in [1.54, 1.807) is 59.7 Å². The summed E-state index contributed by atoms with van der Waals surface area (Å²) in [7, 11) is 0. The Bertz CT molecular complexity index is 1310. The van der Waals surface area contributed by atoms with Gasteiger partial charge in [-0.3, -0.25) is 9.59 Å².